The maximum atomic E-state index is 12.5. The highest BCUT2D eigenvalue weighted by molar-refractivity contribution is 7.87. The van der Waals surface area contributed by atoms with Crippen LogP contribution in [-0.4, -0.2) is 31.8 Å². The smallest absolute Gasteiger partial charge is 0.257 e. The van der Waals surface area contributed by atoms with Crippen LogP contribution < -0.4 is 0 Å². The van der Waals surface area contributed by atoms with Crippen molar-refractivity contribution in [2.24, 2.45) is 0 Å². The predicted octanol–water partition coefficient (Wildman–Crippen LogP) is 3.49. The second kappa shape index (κ2) is 8.13. The Morgan fingerprint density at radius 3 is 1.83 bits per heavy atom. The van der Waals surface area contributed by atoms with Crippen LogP contribution in [0.1, 0.15) is 6.42 Å². The molecule has 0 radical (unpaired) electrons. The van der Waals surface area contributed by atoms with E-state index in [4.69, 9.17) is 23.2 Å². The summed E-state index contributed by atoms with van der Waals surface area (Å²) in [6.45, 7) is 1.07. The summed E-state index contributed by atoms with van der Waals surface area (Å²) in [5.74, 6) is -3.69. The Labute approximate surface area is 111 Å². The van der Waals surface area contributed by atoms with E-state index in [0.29, 0.717) is 0 Å². The van der Waals surface area contributed by atoms with Crippen LogP contribution in [0.3, 0.4) is 0 Å². The van der Waals surface area contributed by atoms with E-state index < -0.39 is 34.6 Å². The summed E-state index contributed by atoms with van der Waals surface area (Å²) < 4.78 is 83.4. The van der Waals surface area contributed by atoms with Crippen LogP contribution >= 0.6 is 23.2 Å². The minimum atomic E-state index is -5.96. The summed E-state index contributed by atoms with van der Waals surface area (Å²) in [6, 6.07) is 0. The number of rotatable bonds is 5. The topological polar surface area (TPSA) is 43.4 Å². The van der Waals surface area contributed by atoms with Gasteiger partial charge in [-0.25, -0.2) is 8.78 Å². The van der Waals surface area contributed by atoms with Crippen molar-refractivity contribution in [1.82, 2.24) is 0 Å². The van der Waals surface area contributed by atoms with Gasteiger partial charge in [-0.2, -0.15) is 21.6 Å². The highest BCUT2D eigenvalue weighted by Gasteiger charge is 2.48. The maximum absolute atomic E-state index is 12.5. The molecule has 0 aliphatic carbocycles. The average Bonchev–Trinajstić information content (AvgIpc) is 2.14. The van der Waals surface area contributed by atoms with Gasteiger partial charge in [0.1, 0.15) is 6.61 Å². The molecule has 0 unspecified atom stereocenters. The molecule has 0 aromatic carbocycles. The van der Waals surface area contributed by atoms with Gasteiger partial charge in [0.25, 0.3) is 5.92 Å². The Morgan fingerprint density at radius 2 is 1.56 bits per heavy atom. The van der Waals surface area contributed by atoms with Gasteiger partial charge in [0, 0.05) is 6.42 Å². The third-order valence-electron chi connectivity index (χ3n) is 1.15. The first-order valence-corrected chi connectivity index (χ1v) is 6.47. The van der Waals surface area contributed by atoms with Crippen LogP contribution in [0.4, 0.5) is 22.0 Å². The molecule has 0 aromatic rings. The van der Waals surface area contributed by atoms with E-state index in [2.05, 4.69) is 10.8 Å². The molecule has 11 heteroatoms. The molecular formula is C7H9Cl2F5O3S. The fraction of sp³-hybridized carbons (Fsp3) is 0.714. The molecule has 0 heterocycles. The van der Waals surface area contributed by atoms with Crippen LogP contribution in [0.25, 0.3) is 0 Å². The Morgan fingerprint density at radius 1 is 1.17 bits per heavy atom. The Bertz CT molecular complexity index is 341. The zero-order valence-electron chi connectivity index (χ0n) is 8.68. The predicted molar refractivity (Wildman–Crippen MR) is 57.3 cm³/mol. The number of allylic oxidation sites excluding steroid dienone is 1. The van der Waals surface area contributed by atoms with E-state index in [0.717, 1.165) is 6.08 Å². The SMILES string of the molecule is C=CCC(F)(F)COS(=O)(=O)C(F)(F)F.ClCCl. The summed E-state index contributed by atoms with van der Waals surface area (Å²) in [7, 11) is -5.96. The van der Waals surface area contributed by atoms with Crippen molar-refractivity contribution in [1.29, 1.82) is 0 Å². The maximum Gasteiger partial charge on any atom is 0.523 e. The highest BCUT2D eigenvalue weighted by atomic mass is 35.5. The van der Waals surface area contributed by atoms with Crippen molar-refractivity contribution in [2.45, 2.75) is 17.9 Å². The van der Waals surface area contributed by atoms with Crippen molar-refractivity contribution >= 4 is 33.3 Å². The second-order valence-corrected chi connectivity index (χ2v) is 5.03. The normalized spacial score (nSPS) is 12.6. The van der Waals surface area contributed by atoms with Gasteiger partial charge in [-0.05, 0) is 0 Å². The van der Waals surface area contributed by atoms with Crippen LogP contribution in [0.15, 0.2) is 12.7 Å². The lowest BCUT2D eigenvalue weighted by Crippen LogP contribution is -2.31. The van der Waals surface area contributed by atoms with Gasteiger partial charge < -0.3 is 0 Å². The lowest BCUT2D eigenvalue weighted by Gasteiger charge is -2.14. The van der Waals surface area contributed by atoms with E-state index in [1.807, 2.05) is 0 Å². The summed E-state index contributed by atoms with van der Waals surface area (Å²) >= 11 is 9.53. The van der Waals surface area contributed by atoms with Crippen LogP contribution in [0.2, 0.25) is 0 Å². The molecule has 0 atom stereocenters. The minimum Gasteiger partial charge on any atom is -0.257 e. The highest BCUT2D eigenvalue weighted by Crippen LogP contribution is 2.27. The molecule has 18 heavy (non-hydrogen) atoms. The third-order valence-corrected chi connectivity index (χ3v) is 2.15. The lowest BCUT2D eigenvalue weighted by molar-refractivity contribution is -0.0709. The second-order valence-electron chi connectivity index (χ2n) is 2.61. The van der Waals surface area contributed by atoms with Crippen LogP contribution in [-0.2, 0) is 14.3 Å². The molecule has 0 aliphatic heterocycles. The van der Waals surface area contributed by atoms with Crippen molar-refractivity contribution in [3.8, 4) is 0 Å². The lowest BCUT2D eigenvalue weighted by atomic mass is 10.2. The molecule has 0 bridgehead atoms. The van der Waals surface area contributed by atoms with E-state index in [-0.39, 0.29) is 5.34 Å². The molecule has 0 saturated heterocycles. The summed E-state index contributed by atoms with van der Waals surface area (Å²) in [6.07, 6.45) is -0.232. The first-order valence-electron chi connectivity index (χ1n) is 4.00. The van der Waals surface area contributed by atoms with Gasteiger partial charge in [-0.1, -0.05) is 6.08 Å². The number of hydrogen-bond donors (Lipinski definition) is 0. The van der Waals surface area contributed by atoms with Gasteiger partial charge in [0.05, 0.1) is 5.34 Å². The van der Waals surface area contributed by atoms with Gasteiger partial charge >= 0.3 is 15.6 Å². The zero-order chi connectivity index (χ0) is 15.0. The Balaban J connectivity index is 0. The van der Waals surface area contributed by atoms with E-state index in [9.17, 15) is 30.4 Å². The van der Waals surface area contributed by atoms with Crippen LogP contribution in [0, 0.1) is 0 Å². The number of hydrogen-bond acceptors (Lipinski definition) is 3. The number of halogens is 7. The summed E-state index contributed by atoms with van der Waals surface area (Å²) in [4.78, 5) is 0. The summed E-state index contributed by atoms with van der Waals surface area (Å²) in [5, 5.41) is 0.194. The summed E-state index contributed by atoms with van der Waals surface area (Å²) in [5.41, 5.74) is -5.70. The average molecular weight is 339 g/mol. The Hall–Kier alpha value is -0.120. The van der Waals surface area contributed by atoms with Crippen molar-refractivity contribution in [3.05, 3.63) is 12.7 Å². The molecule has 0 saturated carbocycles. The van der Waals surface area contributed by atoms with Gasteiger partial charge in [-0.15, -0.1) is 29.8 Å². The van der Waals surface area contributed by atoms with Crippen molar-refractivity contribution in [3.63, 3.8) is 0 Å². The molecule has 0 aromatic heterocycles. The van der Waals surface area contributed by atoms with Crippen molar-refractivity contribution < 1.29 is 34.6 Å². The quantitative estimate of drug-likeness (QED) is 0.253. The first-order chi connectivity index (χ1) is 7.93. The largest absolute Gasteiger partial charge is 0.523 e. The molecule has 0 rings (SSSR count). The Kier molecular flexibility index (Phi) is 9.13. The minimum absolute atomic E-state index is 0.194. The van der Waals surface area contributed by atoms with Crippen LogP contribution in [0.5, 0.6) is 0 Å². The van der Waals surface area contributed by atoms with E-state index in [1.54, 1.807) is 0 Å². The number of alkyl halides is 7. The van der Waals surface area contributed by atoms with Gasteiger partial charge in [0.15, 0.2) is 0 Å². The van der Waals surface area contributed by atoms with Crippen molar-refractivity contribution in [2.75, 3.05) is 11.9 Å². The van der Waals surface area contributed by atoms with E-state index in [1.165, 1.54) is 0 Å². The zero-order valence-corrected chi connectivity index (χ0v) is 11.0. The fourth-order valence-electron chi connectivity index (χ4n) is 0.501. The molecule has 0 spiro atoms. The molecule has 3 nitrogen and oxygen atoms in total. The molecule has 0 amide bonds. The molecule has 0 aliphatic rings. The standard InChI is InChI=1S/C6H7F5O3S.CH2Cl2/c1-2-3-5(7,8)4-14-15(12,13)6(9,10)11;2-1-3/h2H,1,3-4H2;1H2. The third kappa shape index (κ3) is 8.90. The monoisotopic (exact) mass is 338 g/mol. The fourth-order valence-corrected chi connectivity index (χ4v) is 0.962. The molecular weight excluding hydrogens is 330 g/mol. The first kappa shape index (κ1) is 20.2. The molecule has 110 valence electrons. The molecule has 0 fully saturated rings. The van der Waals surface area contributed by atoms with E-state index >= 15 is 0 Å². The van der Waals surface area contributed by atoms with Gasteiger partial charge in [0.2, 0.25) is 0 Å². The molecule has 0 N–H and O–H groups in total. The van der Waals surface area contributed by atoms with Gasteiger partial charge in [-0.3, -0.25) is 4.18 Å².